The number of alkyl halides is 3. The quantitative estimate of drug-likeness (QED) is 0.512. The van der Waals surface area contributed by atoms with Crippen LogP contribution in [0.25, 0.3) is 0 Å². The molecule has 0 saturated carbocycles. The van der Waals surface area contributed by atoms with E-state index in [-0.39, 0.29) is 0 Å². The Morgan fingerprint density at radius 1 is 1.04 bits per heavy atom. The second-order valence-corrected chi connectivity index (χ2v) is 7.11. The fourth-order valence-electron chi connectivity index (χ4n) is 2.97. The summed E-state index contributed by atoms with van der Waals surface area (Å²) in [4.78, 5) is 0. The van der Waals surface area contributed by atoms with E-state index >= 15 is 0 Å². The highest BCUT2D eigenvalue weighted by molar-refractivity contribution is 5.32. The minimum atomic E-state index is -4.29. The number of nitrogens with one attached hydrogen (secondary N) is 1. The number of allylic oxidation sites excluding steroid dienone is 1. The fraction of sp³-hybridized carbons (Fsp3) is 0.391. The SMILES string of the molecule is C=C(NCc1cccc(Cc2ccc(C(F)(F)F)cc2)c1)C(C)CCCC. The summed E-state index contributed by atoms with van der Waals surface area (Å²) in [7, 11) is 0. The monoisotopic (exact) mass is 375 g/mol. The normalized spacial score (nSPS) is 12.6. The Bertz CT molecular complexity index is 732. The van der Waals surface area contributed by atoms with Gasteiger partial charge in [0.2, 0.25) is 0 Å². The smallest absolute Gasteiger partial charge is 0.385 e. The molecule has 0 aromatic heterocycles. The molecular formula is C23H28F3N. The first-order valence-electron chi connectivity index (χ1n) is 9.46. The third-order valence-corrected chi connectivity index (χ3v) is 4.79. The lowest BCUT2D eigenvalue weighted by Crippen LogP contribution is -2.17. The lowest BCUT2D eigenvalue weighted by atomic mass is 10.00. The first kappa shape index (κ1) is 21.1. The Morgan fingerprint density at radius 3 is 2.33 bits per heavy atom. The maximum Gasteiger partial charge on any atom is 0.416 e. The fourth-order valence-corrected chi connectivity index (χ4v) is 2.97. The van der Waals surface area contributed by atoms with Crippen molar-refractivity contribution in [1.29, 1.82) is 0 Å². The number of rotatable bonds is 9. The van der Waals surface area contributed by atoms with Crippen LogP contribution in [0.5, 0.6) is 0 Å². The maximum absolute atomic E-state index is 12.7. The molecule has 4 heteroatoms. The van der Waals surface area contributed by atoms with Gasteiger partial charge in [0.15, 0.2) is 0 Å². The number of benzene rings is 2. The molecule has 2 rings (SSSR count). The molecule has 1 unspecified atom stereocenters. The van der Waals surface area contributed by atoms with Crippen LogP contribution in [0.3, 0.4) is 0 Å². The molecule has 0 aliphatic rings. The Morgan fingerprint density at radius 2 is 1.70 bits per heavy atom. The van der Waals surface area contributed by atoms with Crippen molar-refractivity contribution in [1.82, 2.24) is 5.32 Å². The molecule has 0 heterocycles. The van der Waals surface area contributed by atoms with Gasteiger partial charge in [-0.2, -0.15) is 13.2 Å². The third-order valence-electron chi connectivity index (χ3n) is 4.79. The molecular weight excluding hydrogens is 347 g/mol. The van der Waals surface area contributed by atoms with Gasteiger partial charge in [-0.1, -0.05) is 69.7 Å². The van der Waals surface area contributed by atoms with E-state index in [1.165, 1.54) is 12.8 Å². The van der Waals surface area contributed by atoms with Gasteiger partial charge in [-0.05, 0) is 47.6 Å². The molecule has 0 bridgehead atoms. The summed E-state index contributed by atoms with van der Waals surface area (Å²) < 4.78 is 38.0. The first-order chi connectivity index (χ1) is 12.8. The molecule has 1 atom stereocenters. The number of hydrogen-bond donors (Lipinski definition) is 1. The lowest BCUT2D eigenvalue weighted by Gasteiger charge is -2.17. The summed E-state index contributed by atoms with van der Waals surface area (Å²) in [5.41, 5.74) is 3.53. The van der Waals surface area contributed by atoms with Crippen molar-refractivity contribution in [3.05, 3.63) is 83.1 Å². The zero-order valence-electron chi connectivity index (χ0n) is 16.1. The zero-order chi connectivity index (χ0) is 19.9. The molecule has 2 aromatic carbocycles. The van der Waals surface area contributed by atoms with Crippen molar-refractivity contribution < 1.29 is 13.2 Å². The van der Waals surface area contributed by atoms with Crippen LogP contribution >= 0.6 is 0 Å². The Hall–Kier alpha value is -2.23. The van der Waals surface area contributed by atoms with Crippen molar-refractivity contribution in [3.63, 3.8) is 0 Å². The molecule has 146 valence electrons. The summed E-state index contributed by atoms with van der Waals surface area (Å²) in [5.74, 6) is 0.445. The molecule has 2 aromatic rings. The van der Waals surface area contributed by atoms with E-state index in [9.17, 15) is 13.2 Å². The molecule has 27 heavy (non-hydrogen) atoms. The lowest BCUT2D eigenvalue weighted by molar-refractivity contribution is -0.137. The molecule has 0 saturated heterocycles. The molecule has 0 aliphatic carbocycles. The van der Waals surface area contributed by atoms with Gasteiger partial charge in [0.1, 0.15) is 0 Å². The minimum Gasteiger partial charge on any atom is -0.385 e. The Labute approximate surface area is 160 Å². The Balaban J connectivity index is 1.94. The van der Waals surface area contributed by atoms with E-state index in [2.05, 4.69) is 31.8 Å². The van der Waals surface area contributed by atoms with Crippen LogP contribution in [0.15, 0.2) is 60.8 Å². The largest absolute Gasteiger partial charge is 0.416 e. The van der Waals surface area contributed by atoms with Crippen LogP contribution in [0.4, 0.5) is 13.2 Å². The van der Waals surface area contributed by atoms with Gasteiger partial charge in [0.25, 0.3) is 0 Å². The van der Waals surface area contributed by atoms with Crippen LogP contribution in [0.2, 0.25) is 0 Å². The standard InChI is InChI=1S/C23H28F3N/c1-4-5-7-17(2)18(3)27-16-21-9-6-8-20(15-21)14-19-10-12-22(13-11-19)23(24,25)26/h6,8-13,15,17,27H,3-5,7,14,16H2,1-2H3. The van der Waals surface area contributed by atoms with Gasteiger partial charge in [-0.15, -0.1) is 0 Å². The van der Waals surface area contributed by atoms with Crippen molar-refractivity contribution in [2.24, 2.45) is 5.92 Å². The van der Waals surface area contributed by atoms with E-state index in [0.29, 0.717) is 18.9 Å². The van der Waals surface area contributed by atoms with E-state index in [1.54, 1.807) is 12.1 Å². The molecule has 1 nitrogen and oxygen atoms in total. The van der Waals surface area contributed by atoms with E-state index < -0.39 is 11.7 Å². The van der Waals surface area contributed by atoms with E-state index in [1.807, 2.05) is 18.2 Å². The predicted molar refractivity (Wildman–Crippen MR) is 105 cm³/mol. The Kier molecular flexibility index (Phi) is 7.52. The van der Waals surface area contributed by atoms with Crippen LogP contribution < -0.4 is 5.32 Å². The molecule has 0 spiro atoms. The third kappa shape index (κ3) is 6.78. The summed E-state index contributed by atoms with van der Waals surface area (Å²) in [5, 5.41) is 3.40. The second-order valence-electron chi connectivity index (χ2n) is 7.11. The van der Waals surface area contributed by atoms with Crippen molar-refractivity contribution in [2.75, 3.05) is 0 Å². The highest BCUT2D eigenvalue weighted by atomic mass is 19.4. The minimum absolute atomic E-state index is 0.445. The van der Waals surface area contributed by atoms with E-state index in [4.69, 9.17) is 0 Å². The summed E-state index contributed by atoms with van der Waals surface area (Å²) in [6.45, 7) is 9.21. The average molecular weight is 375 g/mol. The molecule has 1 N–H and O–H groups in total. The van der Waals surface area contributed by atoms with E-state index in [0.717, 1.165) is 40.9 Å². The highest BCUT2D eigenvalue weighted by Crippen LogP contribution is 2.29. The van der Waals surface area contributed by atoms with Gasteiger partial charge in [-0.3, -0.25) is 0 Å². The van der Waals surface area contributed by atoms with Crippen LogP contribution in [-0.4, -0.2) is 0 Å². The van der Waals surface area contributed by atoms with Crippen LogP contribution in [0, 0.1) is 5.92 Å². The maximum atomic E-state index is 12.7. The molecule has 0 aliphatic heterocycles. The van der Waals surface area contributed by atoms with Crippen LogP contribution in [0.1, 0.15) is 55.4 Å². The second kappa shape index (κ2) is 9.63. The summed E-state index contributed by atoms with van der Waals surface area (Å²) in [6, 6.07) is 13.5. The molecule has 0 fully saturated rings. The van der Waals surface area contributed by atoms with Gasteiger partial charge in [-0.25, -0.2) is 0 Å². The summed E-state index contributed by atoms with van der Waals surface area (Å²) >= 11 is 0. The predicted octanol–water partition coefficient (Wildman–Crippen LogP) is 6.73. The van der Waals surface area contributed by atoms with Crippen LogP contribution in [-0.2, 0) is 19.1 Å². The number of unbranched alkanes of at least 4 members (excludes halogenated alkanes) is 1. The zero-order valence-corrected chi connectivity index (χ0v) is 16.1. The van der Waals surface area contributed by atoms with Crippen molar-refractivity contribution in [3.8, 4) is 0 Å². The number of halogens is 3. The topological polar surface area (TPSA) is 12.0 Å². The molecule has 0 radical (unpaired) electrons. The van der Waals surface area contributed by atoms with Gasteiger partial charge in [0.05, 0.1) is 5.56 Å². The summed E-state index contributed by atoms with van der Waals surface area (Å²) in [6.07, 6.45) is -0.162. The first-order valence-corrected chi connectivity index (χ1v) is 9.46. The average Bonchev–Trinajstić information content (AvgIpc) is 2.64. The highest BCUT2D eigenvalue weighted by Gasteiger charge is 2.29. The van der Waals surface area contributed by atoms with Crippen molar-refractivity contribution >= 4 is 0 Å². The van der Waals surface area contributed by atoms with Gasteiger partial charge < -0.3 is 5.32 Å². The van der Waals surface area contributed by atoms with Crippen molar-refractivity contribution in [2.45, 2.75) is 52.3 Å². The van der Waals surface area contributed by atoms with Gasteiger partial charge >= 0.3 is 6.18 Å². The molecule has 0 amide bonds. The number of hydrogen-bond acceptors (Lipinski definition) is 1. The van der Waals surface area contributed by atoms with Gasteiger partial charge in [0, 0.05) is 12.2 Å².